The van der Waals surface area contributed by atoms with E-state index in [0.717, 1.165) is 24.4 Å². The molecular formula is C20H25ClN4O2S. The van der Waals surface area contributed by atoms with E-state index in [-0.39, 0.29) is 22.7 Å². The number of carbonyl (C=O) groups is 1. The van der Waals surface area contributed by atoms with Crippen molar-refractivity contribution in [2.24, 2.45) is 0 Å². The van der Waals surface area contributed by atoms with Crippen molar-refractivity contribution in [3.8, 4) is 5.75 Å². The van der Waals surface area contributed by atoms with Crippen molar-refractivity contribution in [2.45, 2.75) is 30.5 Å². The van der Waals surface area contributed by atoms with Gasteiger partial charge >= 0.3 is 0 Å². The number of piperidine rings is 1. The van der Waals surface area contributed by atoms with Gasteiger partial charge in [0.25, 0.3) is 5.91 Å². The van der Waals surface area contributed by atoms with Crippen molar-refractivity contribution in [1.29, 1.82) is 0 Å². The third kappa shape index (κ3) is 5.16. The first kappa shape index (κ1) is 20.9. The van der Waals surface area contributed by atoms with E-state index in [4.69, 9.17) is 16.3 Å². The van der Waals surface area contributed by atoms with Crippen molar-refractivity contribution in [3.05, 3.63) is 46.7 Å². The predicted molar refractivity (Wildman–Crippen MR) is 112 cm³/mol. The second-order valence-corrected chi connectivity index (χ2v) is 7.83. The van der Waals surface area contributed by atoms with E-state index < -0.39 is 0 Å². The van der Waals surface area contributed by atoms with Gasteiger partial charge in [-0.1, -0.05) is 41.9 Å². The maximum atomic E-state index is 12.7. The highest BCUT2D eigenvalue weighted by Gasteiger charge is 2.24. The molecule has 2 aromatic rings. The summed E-state index contributed by atoms with van der Waals surface area (Å²) < 4.78 is 5.27. The van der Waals surface area contributed by atoms with Crippen LogP contribution >= 0.6 is 23.4 Å². The van der Waals surface area contributed by atoms with Gasteiger partial charge in [0.1, 0.15) is 5.75 Å². The van der Waals surface area contributed by atoms with Gasteiger partial charge in [-0.15, -0.1) is 0 Å². The van der Waals surface area contributed by atoms with Crippen molar-refractivity contribution in [1.82, 2.24) is 20.2 Å². The summed E-state index contributed by atoms with van der Waals surface area (Å²) in [5.74, 6) is 0.542. The van der Waals surface area contributed by atoms with Crippen LogP contribution in [0.4, 0.5) is 0 Å². The van der Waals surface area contributed by atoms with Crippen LogP contribution in [0.5, 0.6) is 5.75 Å². The number of benzene rings is 1. The molecule has 1 aliphatic rings. The zero-order chi connectivity index (χ0) is 19.9. The maximum absolute atomic E-state index is 12.7. The van der Waals surface area contributed by atoms with Gasteiger partial charge in [-0.2, -0.15) is 0 Å². The molecule has 0 saturated carbocycles. The summed E-state index contributed by atoms with van der Waals surface area (Å²) >= 11 is 7.52. The Balaban J connectivity index is 1.76. The number of likely N-dealkylation sites (tertiary alicyclic amines) is 1. The Bertz CT molecular complexity index is 797. The topological polar surface area (TPSA) is 67.3 Å². The molecule has 1 aliphatic heterocycles. The quantitative estimate of drug-likeness (QED) is 0.542. The van der Waals surface area contributed by atoms with Gasteiger partial charge in [-0.25, -0.2) is 9.97 Å². The van der Waals surface area contributed by atoms with Gasteiger partial charge in [0, 0.05) is 6.54 Å². The molecule has 0 unspecified atom stereocenters. The molecule has 6 nitrogen and oxygen atoms in total. The van der Waals surface area contributed by atoms with Crippen LogP contribution in [0, 0.1) is 0 Å². The van der Waals surface area contributed by atoms with Gasteiger partial charge in [0.2, 0.25) is 0 Å². The predicted octanol–water partition coefficient (Wildman–Crippen LogP) is 3.82. The number of halogens is 1. The minimum atomic E-state index is -0.279. The Labute approximate surface area is 175 Å². The number of amides is 1. The summed E-state index contributed by atoms with van der Waals surface area (Å²) in [4.78, 5) is 23.5. The Kier molecular flexibility index (Phi) is 7.53. The third-order valence-corrected chi connectivity index (χ3v) is 5.75. The van der Waals surface area contributed by atoms with Crippen LogP contribution in [0.15, 0.2) is 35.6 Å². The highest BCUT2D eigenvalue weighted by Crippen LogP contribution is 2.26. The lowest BCUT2D eigenvalue weighted by Crippen LogP contribution is -2.40. The van der Waals surface area contributed by atoms with E-state index in [1.165, 1.54) is 37.2 Å². The number of thioether (sulfide) groups is 1. The second-order valence-electron chi connectivity index (χ2n) is 6.65. The largest absolute Gasteiger partial charge is 0.497 e. The Morgan fingerprint density at radius 3 is 2.64 bits per heavy atom. The van der Waals surface area contributed by atoms with Crippen LogP contribution in [0.3, 0.4) is 0 Å². The van der Waals surface area contributed by atoms with Crippen LogP contribution in [-0.2, 0) is 0 Å². The fourth-order valence-corrected chi connectivity index (χ4v) is 3.91. The molecule has 2 heterocycles. The molecule has 3 rings (SSSR count). The normalized spacial score (nSPS) is 15.8. The first-order valence-electron chi connectivity index (χ1n) is 9.35. The summed E-state index contributed by atoms with van der Waals surface area (Å²) in [7, 11) is 1.66. The number of ether oxygens (including phenoxy) is 1. The average molecular weight is 421 g/mol. The van der Waals surface area contributed by atoms with Crippen molar-refractivity contribution >= 4 is 29.3 Å². The first-order chi connectivity index (χ1) is 13.6. The molecule has 1 amide bonds. The standard InChI is InChI=1S/C20H25ClN4O2S/c1-27-15-8-6-14(7-9-15)17(25-10-4-3-5-11-25)13-22-19(26)18-16(21)12-23-20(24-18)28-2/h6-9,12,17H,3-5,10-11,13H2,1-2H3,(H,22,26)/t17-/m0/s1. The molecule has 0 spiro atoms. The number of methoxy groups -OCH3 is 1. The van der Waals surface area contributed by atoms with Crippen molar-refractivity contribution in [3.63, 3.8) is 0 Å². The SMILES string of the molecule is COc1ccc([C@H](CNC(=O)c2nc(SC)ncc2Cl)N2CCCCC2)cc1. The summed E-state index contributed by atoms with van der Waals surface area (Å²) in [6.07, 6.45) is 6.94. The highest BCUT2D eigenvalue weighted by atomic mass is 35.5. The number of carbonyl (C=O) groups excluding carboxylic acids is 1. The fourth-order valence-electron chi connectivity index (χ4n) is 3.40. The zero-order valence-corrected chi connectivity index (χ0v) is 17.7. The summed E-state index contributed by atoms with van der Waals surface area (Å²) in [6.45, 7) is 2.54. The molecule has 1 saturated heterocycles. The van der Waals surface area contributed by atoms with Gasteiger partial charge in [0.05, 0.1) is 24.4 Å². The second kappa shape index (κ2) is 10.1. The van der Waals surface area contributed by atoms with E-state index in [1.54, 1.807) is 7.11 Å². The number of nitrogens with one attached hydrogen (secondary N) is 1. The third-order valence-electron chi connectivity index (χ3n) is 4.91. The molecule has 28 heavy (non-hydrogen) atoms. The van der Waals surface area contributed by atoms with Gasteiger partial charge in [0.15, 0.2) is 10.9 Å². The Morgan fingerprint density at radius 2 is 2.00 bits per heavy atom. The molecule has 1 aromatic heterocycles. The number of aromatic nitrogens is 2. The average Bonchev–Trinajstić information content (AvgIpc) is 2.75. The summed E-state index contributed by atoms with van der Waals surface area (Å²) in [5.41, 5.74) is 1.37. The molecular weight excluding hydrogens is 396 g/mol. The fraction of sp³-hybridized carbons (Fsp3) is 0.450. The van der Waals surface area contributed by atoms with E-state index in [1.807, 2.05) is 18.4 Å². The molecule has 1 aromatic carbocycles. The van der Waals surface area contributed by atoms with E-state index in [9.17, 15) is 4.79 Å². The summed E-state index contributed by atoms with van der Waals surface area (Å²) in [6, 6.07) is 8.14. The molecule has 1 atom stereocenters. The van der Waals surface area contributed by atoms with Crippen LogP contribution in [0.2, 0.25) is 5.02 Å². The number of rotatable bonds is 7. The minimum absolute atomic E-state index is 0.0933. The molecule has 0 aliphatic carbocycles. The minimum Gasteiger partial charge on any atom is -0.497 e. The summed E-state index contributed by atoms with van der Waals surface area (Å²) in [5, 5.41) is 3.80. The first-order valence-corrected chi connectivity index (χ1v) is 11.0. The number of hydrogen-bond donors (Lipinski definition) is 1. The highest BCUT2D eigenvalue weighted by molar-refractivity contribution is 7.98. The Hall–Kier alpha value is -1.83. The van der Waals surface area contributed by atoms with Gasteiger partial charge < -0.3 is 10.1 Å². The van der Waals surface area contributed by atoms with E-state index in [2.05, 4.69) is 32.3 Å². The molecule has 1 fully saturated rings. The van der Waals surface area contributed by atoms with E-state index in [0.29, 0.717) is 11.7 Å². The Morgan fingerprint density at radius 1 is 1.29 bits per heavy atom. The van der Waals surface area contributed by atoms with Crippen LogP contribution in [0.1, 0.15) is 41.4 Å². The van der Waals surface area contributed by atoms with Gasteiger partial charge in [-0.05, 0) is 49.9 Å². The molecule has 1 N–H and O–H groups in total. The van der Waals surface area contributed by atoms with Crippen LogP contribution in [0.25, 0.3) is 0 Å². The monoisotopic (exact) mass is 420 g/mol. The van der Waals surface area contributed by atoms with Crippen LogP contribution < -0.4 is 10.1 Å². The lowest BCUT2D eigenvalue weighted by Gasteiger charge is -2.35. The molecule has 150 valence electrons. The number of hydrogen-bond acceptors (Lipinski definition) is 6. The van der Waals surface area contributed by atoms with Crippen LogP contribution in [-0.4, -0.2) is 53.8 Å². The lowest BCUT2D eigenvalue weighted by atomic mass is 10.0. The van der Waals surface area contributed by atoms with E-state index >= 15 is 0 Å². The maximum Gasteiger partial charge on any atom is 0.271 e. The molecule has 8 heteroatoms. The molecule has 0 radical (unpaired) electrons. The van der Waals surface area contributed by atoms with Crippen molar-refractivity contribution < 1.29 is 9.53 Å². The van der Waals surface area contributed by atoms with Crippen molar-refractivity contribution in [2.75, 3.05) is 33.0 Å². The lowest BCUT2D eigenvalue weighted by molar-refractivity contribution is 0.0918. The smallest absolute Gasteiger partial charge is 0.271 e. The zero-order valence-electron chi connectivity index (χ0n) is 16.2. The number of nitrogens with zero attached hydrogens (tertiary/aromatic N) is 3. The van der Waals surface area contributed by atoms with Gasteiger partial charge in [-0.3, -0.25) is 9.69 Å². The molecule has 0 bridgehead atoms.